The van der Waals surface area contributed by atoms with Gasteiger partial charge in [0.2, 0.25) is 0 Å². The molecule has 2 N–H and O–H groups in total. The molecule has 6 rings (SSSR count). The number of amidine groups is 1. The molecule has 0 saturated carbocycles. The van der Waals surface area contributed by atoms with E-state index in [1.54, 1.807) is 10.8 Å². The molecule has 1 aliphatic heterocycles. The van der Waals surface area contributed by atoms with Crippen molar-refractivity contribution < 1.29 is 9.47 Å². The SMILES string of the molecule is Cc1cc(Nc2ncnc3ccc(NC4=N[C@H](C)CO4)cc23)ccc1Oc1ccn2ncnc2c1. The zero-order valence-corrected chi connectivity index (χ0v) is 19.1. The van der Waals surface area contributed by atoms with Crippen molar-refractivity contribution in [3.63, 3.8) is 0 Å². The summed E-state index contributed by atoms with van der Waals surface area (Å²) in [5.74, 6) is 2.15. The highest BCUT2D eigenvalue weighted by atomic mass is 16.5. The van der Waals surface area contributed by atoms with Crippen molar-refractivity contribution in [1.82, 2.24) is 24.6 Å². The molecular formula is C25H22N8O2. The van der Waals surface area contributed by atoms with Crippen LogP contribution in [-0.2, 0) is 4.74 Å². The van der Waals surface area contributed by atoms with Crippen LogP contribution in [0.2, 0.25) is 0 Å². The Labute approximate surface area is 200 Å². The summed E-state index contributed by atoms with van der Waals surface area (Å²) >= 11 is 0. The molecule has 10 nitrogen and oxygen atoms in total. The second-order valence-corrected chi connectivity index (χ2v) is 8.31. The van der Waals surface area contributed by atoms with E-state index >= 15 is 0 Å². The van der Waals surface area contributed by atoms with Crippen molar-refractivity contribution in [3.8, 4) is 11.5 Å². The Kier molecular flexibility index (Phi) is 5.10. The number of hydrogen-bond acceptors (Lipinski definition) is 9. The number of rotatable bonds is 5. The van der Waals surface area contributed by atoms with Crippen LogP contribution in [0.25, 0.3) is 16.6 Å². The summed E-state index contributed by atoms with van der Waals surface area (Å²) in [4.78, 5) is 17.5. The van der Waals surface area contributed by atoms with Crippen LogP contribution in [0.4, 0.5) is 17.2 Å². The Morgan fingerprint density at radius 2 is 1.86 bits per heavy atom. The Balaban J connectivity index is 1.24. The molecule has 0 radical (unpaired) electrons. The summed E-state index contributed by atoms with van der Waals surface area (Å²) < 4.78 is 13.3. The van der Waals surface area contributed by atoms with Gasteiger partial charge in [0.1, 0.15) is 36.6 Å². The summed E-state index contributed by atoms with van der Waals surface area (Å²) in [7, 11) is 0. The van der Waals surface area contributed by atoms with E-state index in [1.807, 2.05) is 68.6 Å². The fraction of sp³-hybridized carbons (Fsp3) is 0.160. The van der Waals surface area contributed by atoms with Crippen LogP contribution >= 0.6 is 0 Å². The maximum absolute atomic E-state index is 6.08. The maximum Gasteiger partial charge on any atom is 0.289 e. The van der Waals surface area contributed by atoms with Crippen molar-refractivity contribution in [2.24, 2.45) is 4.99 Å². The molecule has 174 valence electrons. The quantitative estimate of drug-likeness (QED) is 0.383. The Hall–Kier alpha value is -4.73. The van der Waals surface area contributed by atoms with E-state index in [1.165, 1.54) is 6.33 Å². The summed E-state index contributed by atoms with van der Waals surface area (Å²) in [6, 6.07) is 16.2. The predicted octanol–water partition coefficient (Wildman–Crippen LogP) is 4.70. The number of nitrogens with one attached hydrogen (secondary N) is 2. The van der Waals surface area contributed by atoms with Crippen LogP contribution in [0, 0.1) is 6.92 Å². The van der Waals surface area contributed by atoms with Gasteiger partial charge in [0.25, 0.3) is 6.02 Å². The molecular weight excluding hydrogens is 444 g/mol. The predicted molar refractivity (Wildman–Crippen MR) is 134 cm³/mol. The van der Waals surface area contributed by atoms with E-state index in [2.05, 4.69) is 35.7 Å². The van der Waals surface area contributed by atoms with E-state index in [4.69, 9.17) is 9.47 Å². The van der Waals surface area contributed by atoms with E-state index in [-0.39, 0.29) is 6.04 Å². The molecule has 5 aromatic rings. The molecule has 1 atom stereocenters. The highest BCUT2D eigenvalue weighted by Crippen LogP contribution is 2.31. The second kappa shape index (κ2) is 8.56. The lowest BCUT2D eigenvalue weighted by atomic mass is 10.1. The molecule has 0 bridgehead atoms. The van der Waals surface area contributed by atoms with E-state index in [0.29, 0.717) is 24.2 Å². The zero-order valence-electron chi connectivity index (χ0n) is 19.1. The minimum absolute atomic E-state index is 0.152. The lowest BCUT2D eigenvalue weighted by Gasteiger charge is -2.13. The molecule has 4 heterocycles. The highest BCUT2D eigenvalue weighted by Gasteiger charge is 2.15. The number of aliphatic imine (C=N–C) groups is 1. The number of fused-ring (bicyclic) bond motifs is 2. The average Bonchev–Trinajstić information content (AvgIpc) is 3.49. The summed E-state index contributed by atoms with van der Waals surface area (Å²) in [5.41, 5.74) is 4.27. The standard InChI is InChI=1S/C25H22N8O2/c1-15-9-17(4-6-22(15)35-19-7-8-33-23(11-19)27-14-29-33)31-24-20-10-18(3-5-21(20)26-13-28-24)32-25-30-16(2)12-34-25/h3-11,13-14,16H,12H2,1-2H3,(H,30,32)(H,26,28,31)/t16-/m1/s1. The van der Waals surface area contributed by atoms with Gasteiger partial charge in [0, 0.05) is 29.0 Å². The molecule has 1 aliphatic rings. The van der Waals surface area contributed by atoms with Crippen LogP contribution in [0.1, 0.15) is 12.5 Å². The first-order valence-electron chi connectivity index (χ1n) is 11.2. The van der Waals surface area contributed by atoms with Crippen LogP contribution in [0.3, 0.4) is 0 Å². The molecule has 0 fully saturated rings. The summed E-state index contributed by atoms with van der Waals surface area (Å²) in [6.07, 6.45) is 4.88. The molecule has 0 unspecified atom stereocenters. The Morgan fingerprint density at radius 1 is 0.971 bits per heavy atom. The van der Waals surface area contributed by atoms with Crippen LogP contribution in [0.15, 0.2) is 72.4 Å². The third-order valence-corrected chi connectivity index (χ3v) is 5.60. The number of anilines is 3. The third kappa shape index (κ3) is 4.29. The highest BCUT2D eigenvalue weighted by molar-refractivity contribution is 5.97. The number of hydrogen-bond donors (Lipinski definition) is 2. The number of aromatic nitrogens is 5. The van der Waals surface area contributed by atoms with Crippen molar-refractivity contribution in [2.75, 3.05) is 17.2 Å². The smallest absolute Gasteiger partial charge is 0.289 e. The first-order chi connectivity index (χ1) is 17.1. The molecule has 0 spiro atoms. The molecule has 35 heavy (non-hydrogen) atoms. The largest absolute Gasteiger partial charge is 0.463 e. The summed E-state index contributed by atoms with van der Waals surface area (Å²) in [6.45, 7) is 4.60. The lowest BCUT2D eigenvalue weighted by molar-refractivity contribution is 0.322. The summed E-state index contributed by atoms with van der Waals surface area (Å²) in [5, 5.41) is 11.6. The monoisotopic (exact) mass is 466 g/mol. The van der Waals surface area contributed by atoms with Gasteiger partial charge in [0.15, 0.2) is 5.65 Å². The van der Waals surface area contributed by atoms with Gasteiger partial charge in [-0.3, -0.25) is 0 Å². The first kappa shape index (κ1) is 20.8. The first-order valence-corrected chi connectivity index (χ1v) is 11.2. The minimum Gasteiger partial charge on any atom is -0.463 e. The fourth-order valence-electron chi connectivity index (χ4n) is 3.87. The average molecular weight is 467 g/mol. The van der Waals surface area contributed by atoms with Crippen molar-refractivity contribution in [2.45, 2.75) is 19.9 Å². The number of benzene rings is 2. The van der Waals surface area contributed by atoms with Crippen LogP contribution in [-0.4, -0.2) is 43.2 Å². The van der Waals surface area contributed by atoms with E-state index in [9.17, 15) is 0 Å². The van der Waals surface area contributed by atoms with E-state index < -0.39 is 0 Å². The minimum atomic E-state index is 0.152. The Morgan fingerprint density at radius 3 is 2.71 bits per heavy atom. The number of aryl methyl sites for hydroxylation is 1. The molecule has 3 aromatic heterocycles. The zero-order chi connectivity index (χ0) is 23.8. The topological polar surface area (TPSA) is 111 Å². The fourth-order valence-corrected chi connectivity index (χ4v) is 3.87. The Bertz CT molecular complexity index is 1580. The molecule has 0 aliphatic carbocycles. The third-order valence-electron chi connectivity index (χ3n) is 5.60. The van der Waals surface area contributed by atoms with Gasteiger partial charge < -0.3 is 20.1 Å². The molecule has 2 aromatic carbocycles. The van der Waals surface area contributed by atoms with Gasteiger partial charge in [-0.05, 0) is 61.9 Å². The van der Waals surface area contributed by atoms with Crippen LogP contribution < -0.4 is 15.4 Å². The molecule has 10 heteroatoms. The van der Waals surface area contributed by atoms with Crippen LogP contribution in [0.5, 0.6) is 11.5 Å². The number of pyridine rings is 1. The van der Waals surface area contributed by atoms with E-state index in [0.717, 1.165) is 39.2 Å². The van der Waals surface area contributed by atoms with Gasteiger partial charge in [-0.2, -0.15) is 5.10 Å². The van der Waals surface area contributed by atoms with Crippen molar-refractivity contribution >= 4 is 39.8 Å². The number of nitrogens with zero attached hydrogens (tertiary/aromatic N) is 6. The normalized spacial score (nSPS) is 15.1. The van der Waals surface area contributed by atoms with Gasteiger partial charge in [-0.15, -0.1) is 0 Å². The van der Waals surface area contributed by atoms with Gasteiger partial charge in [-0.25, -0.2) is 24.5 Å². The molecule has 0 amide bonds. The molecule has 0 saturated heterocycles. The van der Waals surface area contributed by atoms with Crippen molar-refractivity contribution in [3.05, 3.63) is 72.9 Å². The van der Waals surface area contributed by atoms with Gasteiger partial charge >= 0.3 is 0 Å². The van der Waals surface area contributed by atoms with Gasteiger partial charge in [0.05, 0.1) is 11.6 Å². The number of ether oxygens (including phenoxy) is 2. The van der Waals surface area contributed by atoms with Crippen molar-refractivity contribution in [1.29, 1.82) is 0 Å². The second-order valence-electron chi connectivity index (χ2n) is 8.31. The maximum atomic E-state index is 6.08. The van der Waals surface area contributed by atoms with Gasteiger partial charge in [-0.1, -0.05) is 0 Å². The lowest BCUT2D eigenvalue weighted by Crippen LogP contribution is -2.11.